The summed E-state index contributed by atoms with van der Waals surface area (Å²) in [6, 6.07) is 8.31. The fraction of sp³-hybridized carbons (Fsp3) is 0.250. The normalized spacial score (nSPS) is 13.6. The summed E-state index contributed by atoms with van der Waals surface area (Å²) in [7, 11) is 0. The van der Waals surface area contributed by atoms with E-state index in [-0.39, 0.29) is 5.91 Å². The third kappa shape index (κ3) is 2.85. The molecule has 0 spiro atoms. The molecule has 0 atom stereocenters. The van der Waals surface area contributed by atoms with Crippen LogP contribution in [0.1, 0.15) is 44.9 Å². The van der Waals surface area contributed by atoms with E-state index in [2.05, 4.69) is 35.1 Å². The molecule has 5 heteroatoms. The SMILES string of the molecule is C=C(Nc1sc2c(c1C(N)=O)CCCC2)c1ccc2[nH]c(C)cc2c1. The lowest BCUT2D eigenvalue weighted by Gasteiger charge is -2.12. The first-order valence-corrected chi connectivity index (χ1v) is 9.34. The predicted octanol–water partition coefficient (Wildman–Crippen LogP) is 4.60. The lowest BCUT2D eigenvalue weighted by molar-refractivity contribution is 0.100. The largest absolute Gasteiger partial charge is 0.365 e. The van der Waals surface area contributed by atoms with E-state index in [1.54, 1.807) is 11.3 Å². The van der Waals surface area contributed by atoms with Gasteiger partial charge in [-0.3, -0.25) is 4.79 Å². The van der Waals surface area contributed by atoms with Crippen LogP contribution in [0.2, 0.25) is 0 Å². The van der Waals surface area contributed by atoms with Gasteiger partial charge in [-0.15, -0.1) is 11.3 Å². The summed E-state index contributed by atoms with van der Waals surface area (Å²) in [4.78, 5) is 16.6. The Morgan fingerprint density at radius 3 is 2.88 bits per heavy atom. The van der Waals surface area contributed by atoms with E-state index in [0.717, 1.165) is 57.7 Å². The molecule has 4 nitrogen and oxygen atoms in total. The summed E-state index contributed by atoms with van der Waals surface area (Å²) in [5.74, 6) is -0.355. The number of amides is 1. The Kier molecular flexibility index (Phi) is 3.88. The fourth-order valence-corrected chi connectivity index (χ4v) is 4.91. The number of nitrogens with one attached hydrogen (secondary N) is 2. The Balaban J connectivity index is 1.67. The minimum absolute atomic E-state index is 0.355. The summed E-state index contributed by atoms with van der Waals surface area (Å²) in [5, 5.41) is 5.33. The second-order valence-electron chi connectivity index (χ2n) is 6.64. The zero-order chi connectivity index (χ0) is 17.6. The average Bonchev–Trinajstić information content (AvgIpc) is 3.12. The number of carbonyl (C=O) groups excluding carboxylic acids is 1. The lowest BCUT2D eigenvalue weighted by atomic mass is 9.95. The van der Waals surface area contributed by atoms with E-state index in [1.165, 1.54) is 11.3 Å². The maximum atomic E-state index is 12.0. The molecule has 0 saturated carbocycles. The summed E-state index contributed by atoms with van der Waals surface area (Å²) >= 11 is 1.64. The number of H-pyrrole nitrogens is 1. The number of aromatic amines is 1. The molecule has 0 aliphatic heterocycles. The third-order valence-electron chi connectivity index (χ3n) is 4.79. The van der Waals surface area contributed by atoms with Crippen LogP contribution < -0.4 is 11.1 Å². The van der Waals surface area contributed by atoms with Gasteiger partial charge in [-0.05, 0) is 61.9 Å². The lowest BCUT2D eigenvalue weighted by Crippen LogP contribution is -2.15. The number of hydrogen-bond donors (Lipinski definition) is 3. The zero-order valence-electron chi connectivity index (χ0n) is 14.2. The molecule has 2 heterocycles. The fourth-order valence-electron chi connectivity index (χ4n) is 3.59. The number of fused-ring (bicyclic) bond motifs is 2. The smallest absolute Gasteiger partial charge is 0.251 e. The molecule has 0 radical (unpaired) electrons. The summed E-state index contributed by atoms with van der Waals surface area (Å²) in [6.45, 7) is 6.22. The van der Waals surface area contributed by atoms with Crippen molar-refractivity contribution in [2.75, 3.05) is 5.32 Å². The first-order valence-electron chi connectivity index (χ1n) is 8.53. The van der Waals surface area contributed by atoms with Crippen molar-refractivity contribution in [3.8, 4) is 0 Å². The number of aryl methyl sites for hydroxylation is 2. The number of nitrogens with two attached hydrogens (primary N) is 1. The first kappa shape index (κ1) is 16.0. The van der Waals surface area contributed by atoms with Crippen molar-refractivity contribution in [1.29, 1.82) is 0 Å². The van der Waals surface area contributed by atoms with Gasteiger partial charge in [0.05, 0.1) is 5.56 Å². The van der Waals surface area contributed by atoms with Gasteiger partial charge in [0, 0.05) is 27.2 Å². The molecule has 0 bridgehead atoms. The molecule has 0 unspecified atom stereocenters. The van der Waals surface area contributed by atoms with Gasteiger partial charge in [-0.25, -0.2) is 0 Å². The molecule has 1 aliphatic rings. The van der Waals surface area contributed by atoms with Crippen LogP contribution in [0.3, 0.4) is 0 Å². The third-order valence-corrected chi connectivity index (χ3v) is 5.99. The molecule has 2 aromatic heterocycles. The minimum atomic E-state index is -0.355. The molecule has 1 aromatic carbocycles. The molecule has 4 N–H and O–H groups in total. The van der Waals surface area contributed by atoms with Gasteiger partial charge in [0.1, 0.15) is 5.00 Å². The van der Waals surface area contributed by atoms with Crippen molar-refractivity contribution in [1.82, 2.24) is 4.98 Å². The van der Waals surface area contributed by atoms with Crippen LogP contribution >= 0.6 is 11.3 Å². The molecule has 4 rings (SSSR count). The Hall–Kier alpha value is -2.53. The number of rotatable bonds is 4. The van der Waals surface area contributed by atoms with Crippen LogP contribution in [-0.2, 0) is 12.8 Å². The molecular formula is C20H21N3OS. The first-order chi connectivity index (χ1) is 12.0. The van der Waals surface area contributed by atoms with Crippen LogP contribution in [0.5, 0.6) is 0 Å². The van der Waals surface area contributed by atoms with Gasteiger partial charge in [-0.2, -0.15) is 0 Å². The maximum absolute atomic E-state index is 12.0. The number of anilines is 1. The van der Waals surface area contributed by atoms with E-state index in [0.29, 0.717) is 5.56 Å². The van der Waals surface area contributed by atoms with E-state index in [1.807, 2.05) is 13.0 Å². The van der Waals surface area contributed by atoms with Crippen molar-refractivity contribution in [3.63, 3.8) is 0 Å². The van der Waals surface area contributed by atoms with E-state index < -0.39 is 0 Å². The van der Waals surface area contributed by atoms with Crippen molar-refractivity contribution in [2.45, 2.75) is 32.6 Å². The second-order valence-corrected chi connectivity index (χ2v) is 7.74. The Labute approximate surface area is 150 Å². The standard InChI is InChI=1S/C20H21N3OS/c1-11-9-14-10-13(7-8-16(14)22-11)12(2)23-20-18(19(21)24)15-5-3-4-6-17(15)25-20/h7-10,22-23H,2-6H2,1H3,(H2,21,24). The summed E-state index contributed by atoms with van der Waals surface area (Å²) < 4.78 is 0. The molecule has 25 heavy (non-hydrogen) atoms. The number of hydrogen-bond acceptors (Lipinski definition) is 3. The highest BCUT2D eigenvalue weighted by atomic mass is 32.1. The number of thiophene rings is 1. The van der Waals surface area contributed by atoms with Gasteiger partial charge in [0.25, 0.3) is 5.91 Å². The second kappa shape index (κ2) is 6.08. The molecule has 0 fully saturated rings. The summed E-state index contributed by atoms with van der Waals surface area (Å²) in [5.41, 5.74) is 11.5. The van der Waals surface area contributed by atoms with Gasteiger partial charge in [0.2, 0.25) is 0 Å². The quantitative estimate of drug-likeness (QED) is 0.643. The highest BCUT2D eigenvalue weighted by Crippen LogP contribution is 2.39. The average molecular weight is 351 g/mol. The van der Waals surface area contributed by atoms with E-state index in [4.69, 9.17) is 5.73 Å². The molecule has 0 saturated heterocycles. The predicted molar refractivity (Wildman–Crippen MR) is 105 cm³/mol. The molecule has 1 amide bonds. The van der Waals surface area contributed by atoms with Crippen LogP contribution in [0.4, 0.5) is 5.00 Å². The van der Waals surface area contributed by atoms with E-state index >= 15 is 0 Å². The number of aromatic nitrogens is 1. The minimum Gasteiger partial charge on any atom is -0.365 e. The van der Waals surface area contributed by atoms with Gasteiger partial charge in [0.15, 0.2) is 0 Å². The summed E-state index contributed by atoms with van der Waals surface area (Å²) in [6.07, 6.45) is 4.26. The topological polar surface area (TPSA) is 70.9 Å². The van der Waals surface area contributed by atoms with Crippen molar-refractivity contribution < 1.29 is 4.79 Å². The van der Waals surface area contributed by atoms with Crippen LogP contribution in [0.15, 0.2) is 30.8 Å². The highest BCUT2D eigenvalue weighted by molar-refractivity contribution is 7.16. The highest BCUT2D eigenvalue weighted by Gasteiger charge is 2.24. The van der Waals surface area contributed by atoms with E-state index in [9.17, 15) is 4.79 Å². The zero-order valence-corrected chi connectivity index (χ0v) is 15.1. The van der Waals surface area contributed by atoms with Crippen molar-refractivity contribution in [3.05, 3.63) is 58.1 Å². The van der Waals surface area contributed by atoms with Crippen LogP contribution in [0, 0.1) is 6.92 Å². The monoisotopic (exact) mass is 351 g/mol. The Bertz CT molecular complexity index is 996. The Morgan fingerprint density at radius 1 is 1.28 bits per heavy atom. The number of benzene rings is 1. The van der Waals surface area contributed by atoms with Gasteiger partial charge in [-0.1, -0.05) is 12.6 Å². The maximum Gasteiger partial charge on any atom is 0.251 e. The molecule has 128 valence electrons. The Morgan fingerprint density at radius 2 is 2.08 bits per heavy atom. The van der Waals surface area contributed by atoms with Gasteiger partial charge < -0.3 is 16.0 Å². The molecular weight excluding hydrogens is 330 g/mol. The van der Waals surface area contributed by atoms with Gasteiger partial charge >= 0.3 is 0 Å². The number of carbonyl (C=O) groups is 1. The molecule has 1 aliphatic carbocycles. The van der Waals surface area contributed by atoms with Crippen molar-refractivity contribution >= 4 is 38.8 Å². The van der Waals surface area contributed by atoms with Crippen LogP contribution in [-0.4, -0.2) is 10.9 Å². The molecule has 3 aromatic rings. The van der Waals surface area contributed by atoms with Crippen molar-refractivity contribution in [2.24, 2.45) is 5.73 Å². The number of primary amides is 1. The van der Waals surface area contributed by atoms with Crippen LogP contribution in [0.25, 0.3) is 16.6 Å².